The Morgan fingerprint density at radius 2 is 1.88 bits per heavy atom. The van der Waals surface area contributed by atoms with Crippen LogP contribution in [0.4, 0.5) is 4.39 Å². The normalized spacial score (nSPS) is 27.9. The van der Waals surface area contributed by atoms with Crippen LogP contribution in [0.25, 0.3) is 0 Å². The van der Waals surface area contributed by atoms with Gasteiger partial charge in [-0.1, -0.05) is 26.0 Å². The molecule has 1 N–H and O–H groups in total. The molecule has 0 atom stereocenters. The molecule has 3 heteroatoms. The van der Waals surface area contributed by atoms with Crippen LogP contribution in [0.5, 0.6) is 0 Å². The van der Waals surface area contributed by atoms with Crippen molar-refractivity contribution >= 4 is 5.97 Å². The van der Waals surface area contributed by atoms with Gasteiger partial charge >= 0.3 is 5.97 Å². The average molecular weight is 236 g/mol. The second kappa shape index (κ2) is 4.13. The molecule has 0 unspecified atom stereocenters. The second-order valence-corrected chi connectivity index (χ2v) is 5.31. The molecule has 1 aliphatic rings. The van der Waals surface area contributed by atoms with E-state index in [4.69, 9.17) is 0 Å². The fraction of sp³-hybridized carbons (Fsp3) is 0.500. The lowest BCUT2D eigenvalue weighted by atomic mass is 9.56. The molecule has 0 saturated heterocycles. The molecule has 0 amide bonds. The molecule has 1 fully saturated rings. The van der Waals surface area contributed by atoms with Crippen molar-refractivity contribution in [3.63, 3.8) is 0 Å². The third kappa shape index (κ3) is 1.94. The zero-order valence-corrected chi connectivity index (χ0v) is 10.1. The Labute approximate surface area is 100 Å². The lowest BCUT2D eigenvalue weighted by Crippen LogP contribution is -2.49. The number of rotatable bonds is 3. The predicted octanol–water partition coefficient (Wildman–Crippen LogP) is 3.21. The van der Waals surface area contributed by atoms with E-state index in [9.17, 15) is 14.3 Å². The fourth-order valence-electron chi connectivity index (χ4n) is 2.61. The molecule has 92 valence electrons. The van der Waals surface area contributed by atoms with Crippen LogP contribution in [0.2, 0.25) is 0 Å². The van der Waals surface area contributed by atoms with E-state index in [1.807, 2.05) is 0 Å². The van der Waals surface area contributed by atoms with Gasteiger partial charge in [-0.15, -0.1) is 0 Å². The van der Waals surface area contributed by atoms with Crippen LogP contribution >= 0.6 is 0 Å². The van der Waals surface area contributed by atoms with Crippen molar-refractivity contribution in [2.75, 3.05) is 0 Å². The number of carboxylic acid groups (broad SMARTS) is 1. The molecular formula is C14H17FO2. The molecule has 0 radical (unpaired) electrons. The molecule has 2 nitrogen and oxygen atoms in total. The average Bonchev–Trinajstić information content (AvgIpc) is 2.18. The van der Waals surface area contributed by atoms with Gasteiger partial charge in [-0.3, -0.25) is 4.79 Å². The minimum Gasteiger partial charge on any atom is -0.481 e. The van der Waals surface area contributed by atoms with Crippen LogP contribution in [0.3, 0.4) is 0 Å². The van der Waals surface area contributed by atoms with Crippen LogP contribution in [-0.2, 0) is 10.2 Å². The van der Waals surface area contributed by atoms with Crippen LogP contribution in [0.15, 0.2) is 24.3 Å². The highest BCUT2D eigenvalue weighted by Gasteiger charge is 2.52. The van der Waals surface area contributed by atoms with E-state index >= 15 is 0 Å². The molecular weight excluding hydrogens is 219 g/mol. The van der Waals surface area contributed by atoms with E-state index in [2.05, 4.69) is 13.8 Å². The molecule has 0 spiro atoms. The van der Waals surface area contributed by atoms with Gasteiger partial charge in [-0.05, 0) is 42.4 Å². The van der Waals surface area contributed by atoms with Crippen molar-refractivity contribution in [3.05, 3.63) is 35.6 Å². The Morgan fingerprint density at radius 3 is 2.29 bits per heavy atom. The third-order valence-corrected chi connectivity index (χ3v) is 3.97. The molecule has 0 bridgehead atoms. The Kier molecular flexibility index (Phi) is 2.94. The van der Waals surface area contributed by atoms with Crippen molar-refractivity contribution in [2.45, 2.75) is 32.1 Å². The van der Waals surface area contributed by atoms with Crippen molar-refractivity contribution in [2.24, 2.45) is 11.8 Å². The number of halogens is 1. The van der Waals surface area contributed by atoms with E-state index in [0.717, 1.165) is 5.56 Å². The van der Waals surface area contributed by atoms with Gasteiger partial charge in [0.1, 0.15) is 5.82 Å². The van der Waals surface area contributed by atoms with Gasteiger partial charge in [0.05, 0.1) is 5.41 Å². The van der Waals surface area contributed by atoms with Gasteiger partial charge in [0.15, 0.2) is 0 Å². The first-order chi connectivity index (χ1) is 7.95. The monoisotopic (exact) mass is 236 g/mol. The predicted molar refractivity (Wildman–Crippen MR) is 63.3 cm³/mol. The quantitative estimate of drug-likeness (QED) is 0.875. The maximum absolute atomic E-state index is 12.9. The van der Waals surface area contributed by atoms with Gasteiger partial charge in [0, 0.05) is 0 Å². The summed E-state index contributed by atoms with van der Waals surface area (Å²) in [6.07, 6.45) is 1.32. The lowest BCUT2D eigenvalue weighted by Gasteiger charge is -2.46. The summed E-state index contributed by atoms with van der Waals surface area (Å²) in [6.45, 7) is 4.22. The van der Waals surface area contributed by atoms with Gasteiger partial charge in [0.25, 0.3) is 0 Å². The summed E-state index contributed by atoms with van der Waals surface area (Å²) < 4.78 is 12.9. The Bertz CT molecular complexity index is 416. The third-order valence-electron chi connectivity index (χ3n) is 3.97. The maximum atomic E-state index is 12.9. The van der Waals surface area contributed by atoms with Crippen molar-refractivity contribution in [1.29, 1.82) is 0 Å². The summed E-state index contributed by atoms with van der Waals surface area (Å²) in [7, 11) is 0. The minimum absolute atomic E-state index is 0.325. The first kappa shape index (κ1) is 12.1. The minimum atomic E-state index is -0.791. The number of carbonyl (C=O) groups is 1. The molecule has 0 aromatic heterocycles. The topological polar surface area (TPSA) is 37.3 Å². The van der Waals surface area contributed by atoms with E-state index < -0.39 is 11.4 Å². The summed E-state index contributed by atoms with van der Waals surface area (Å²) >= 11 is 0. The number of carboxylic acids is 1. The second-order valence-electron chi connectivity index (χ2n) is 5.31. The smallest absolute Gasteiger partial charge is 0.314 e. The van der Waals surface area contributed by atoms with Gasteiger partial charge < -0.3 is 5.11 Å². The zero-order chi connectivity index (χ0) is 12.6. The van der Waals surface area contributed by atoms with Crippen molar-refractivity contribution in [1.82, 2.24) is 0 Å². The highest BCUT2D eigenvalue weighted by molar-refractivity contribution is 5.82. The molecule has 0 aliphatic heterocycles. The molecule has 0 heterocycles. The molecule has 2 rings (SSSR count). The van der Waals surface area contributed by atoms with Gasteiger partial charge in [-0.2, -0.15) is 0 Å². The lowest BCUT2D eigenvalue weighted by molar-refractivity contribution is -0.150. The van der Waals surface area contributed by atoms with Crippen LogP contribution in [0.1, 0.15) is 32.3 Å². The molecule has 1 aromatic carbocycles. The standard InChI is InChI=1S/C14H17FO2/c1-9(2)10-7-14(8-10,13(16)17)11-3-5-12(15)6-4-11/h3-6,9-10H,7-8H2,1-2H3,(H,16,17). The SMILES string of the molecule is CC(C)C1CC(C(=O)O)(c2ccc(F)cc2)C1. The molecule has 1 aliphatic carbocycles. The maximum Gasteiger partial charge on any atom is 0.314 e. The summed E-state index contributed by atoms with van der Waals surface area (Å²) in [6, 6.07) is 5.87. The number of benzene rings is 1. The summed E-state index contributed by atoms with van der Waals surface area (Å²) in [5, 5.41) is 9.41. The van der Waals surface area contributed by atoms with Crippen LogP contribution in [-0.4, -0.2) is 11.1 Å². The summed E-state index contributed by atoms with van der Waals surface area (Å²) in [4.78, 5) is 11.5. The fourth-order valence-corrected chi connectivity index (χ4v) is 2.61. The number of hydrogen-bond donors (Lipinski definition) is 1. The highest BCUT2D eigenvalue weighted by atomic mass is 19.1. The van der Waals surface area contributed by atoms with Gasteiger partial charge in [-0.25, -0.2) is 4.39 Å². The molecule has 1 saturated carbocycles. The highest BCUT2D eigenvalue weighted by Crippen LogP contribution is 2.50. The zero-order valence-electron chi connectivity index (χ0n) is 10.1. The summed E-state index contributed by atoms with van der Waals surface area (Å²) in [5.74, 6) is -0.158. The number of hydrogen-bond acceptors (Lipinski definition) is 1. The van der Waals surface area contributed by atoms with Crippen LogP contribution in [0, 0.1) is 17.7 Å². The first-order valence-corrected chi connectivity index (χ1v) is 5.95. The van der Waals surface area contributed by atoms with Crippen LogP contribution < -0.4 is 0 Å². The van der Waals surface area contributed by atoms with E-state index in [1.54, 1.807) is 12.1 Å². The van der Waals surface area contributed by atoms with Crippen molar-refractivity contribution in [3.8, 4) is 0 Å². The first-order valence-electron chi connectivity index (χ1n) is 5.95. The van der Waals surface area contributed by atoms with E-state index in [1.165, 1.54) is 12.1 Å². The van der Waals surface area contributed by atoms with Crippen molar-refractivity contribution < 1.29 is 14.3 Å². The Morgan fingerprint density at radius 1 is 1.35 bits per heavy atom. The Balaban J connectivity index is 2.26. The largest absolute Gasteiger partial charge is 0.481 e. The molecule has 1 aromatic rings. The van der Waals surface area contributed by atoms with E-state index in [-0.39, 0.29) is 5.82 Å². The number of aliphatic carboxylic acids is 1. The Hall–Kier alpha value is -1.38. The van der Waals surface area contributed by atoms with Gasteiger partial charge in [0.2, 0.25) is 0 Å². The van der Waals surface area contributed by atoms with E-state index in [0.29, 0.717) is 24.7 Å². The summed E-state index contributed by atoms with van der Waals surface area (Å²) in [5.41, 5.74) is -0.0638. The molecule has 17 heavy (non-hydrogen) atoms.